The molecule has 1 fully saturated rings. The van der Waals surface area contributed by atoms with Crippen molar-refractivity contribution < 1.29 is 0 Å². The first-order valence-corrected chi connectivity index (χ1v) is 6.97. The molecule has 0 spiro atoms. The largest absolute Gasteiger partial charge is 0.317 e. The number of hydrogen-bond acceptors (Lipinski definition) is 1. The van der Waals surface area contributed by atoms with Crippen LogP contribution in [0, 0.1) is 18.3 Å². The first-order chi connectivity index (χ1) is 7.86. The van der Waals surface area contributed by atoms with Crippen molar-refractivity contribution in [3.05, 3.63) is 0 Å². The zero-order valence-corrected chi connectivity index (χ0v) is 10.8. The lowest BCUT2D eigenvalue weighted by atomic mass is 9.90. The maximum Gasteiger partial charge on any atom is 0.00866 e. The molecule has 1 saturated carbocycles. The van der Waals surface area contributed by atoms with Gasteiger partial charge < -0.3 is 5.32 Å². The van der Waals surface area contributed by atoms with Gasteiger partial charge in [-0.2, -0.15) is 0 Å². The molecule has 0 amide bonds. The molecule has 1 rings (SSSR count). The molecule has 0 aromatic rings. The fourth-order valence-electron chi connectivity index (χ4n) is 2.83. The van der Waals surface area contributed by atoms with Crippen LogP contribution in [-0.2, 0) is 0 Å². The zero-order valence-electron chi connectivity index (χ0n) is 10.8. The summed E-state index contributed by atoms with van der Waals surface area (Å²) in [7, 11) is 2.09. The third kappa shape index (κ3) is 5.56. The fraction of sp³-hybridized carbons (Fsp3) is 0.867. The van der Waals surface area contributed by atoms with Crippen LogP contribution in [0.3, 0.4) is 0 Å². The number of terminal acetylenes is 1. The Labute approximate surface area is 101 Å². The molecule has 0 saturated heterocycles. The Balaban J connectivity index is 2.22. The standard InChI is InChI=1S/C15H27N/c1-3-4-7-12-15(16-2)13-14-10-8-5-6-9-11-14/h1,14-16H,4-13H2,2H3. The van der Waals surface area contributed by atoms with Crippen LogP contribution < -0.4 is 5.32 Å². The van der Waals surface area contributed by atoms with Crippen molar-refractivity contribution in [3.8, 4) is 12.3 Å². The summed E-state index contributed by atoms with van der Waals surface area (Å²) < 4.78 is 0. The van der Waals surface area contributed by atoms with E-state index >= 15 is 0 Å². The number of rotatable bonds is 6. The van der Waals surface area contributed by atoms with E-state index in [2.05, 4.69) is 18.3 Å². The van der Waals surface area contributed by atoms with Crippen molar-refractivity contribution in [3.63, 3.8) is 0 Å². The van der Waals surface area contributed by atoms with Gasteiger partial charge in [-0.15, -0.1) is 12.3 Å². The van der Waals surface area contributed by atoms with Crippen molar-refractivity contribution in [2.75, 3.05) is 7.05 Å². The highest BCUT2D eigenvalue weighted by molar-refractivity contribution is 4.84. The van der Waals surface area contributed by atoms with Crippen LogP contribution in [0.4, 0.5) is 0 Å². The first kappa shape index (κ1) is 13.6. The van der Waals surface area contributed by atoms with Gasteiger partial charge in [0.15, 0.2) is 0 Å². The predicted molar refractivity (Wildman–Crippen MR) is 71.3 cm³/mol. The highest BCUT2D eigenvalue weighted by Crippen LogP contribution is 2.27. The van der Waals surface area contributed by atoms with Crippen molar-refractivity contribution in [1.29, 1.82) is 0 Å². The van der Waals surface area contributed by atoms with Gasteiger partial charge in [0.25, 0.3) is 0 Å². The zero-order chi connectivity index (χ0) is 11.6. The Morgan fingerprint density at radius 2 is 1.94 bits per heavy atom. The fourth-order valence-corrected chi connectivity index (χ4v) is 2.83. The maximum atomic E-state index is 5.29. The molecule has 1 heteroatoms. The van der Waals surface area contributed by atoms with E-state index in [1.807, 2.05) is 0 Å². The Kier molecular flexibility index (Phi) is 7.34. The summed E-state index contributed by atoms with van der Waals surface area (Å²) >= 11 is 0. The van der Waals surface area contributed by atoms with Crippen LogP contribution in [-0.4, -0.2) is 13.1 Å². The quantitative estimate of drug-likeness (QED) is 0.409. The predicted octanol–water partition coefficient (Wildman–Crippen LogP) is 3.74. The molecule has 0 bridgehead atoms. The van der Waals surface area contributed by atoms with Crippen LogP contribution in [0.1, 0.15) is 64.2 Å². The van der Waals surface area contributed by atoms with E-state index in [0.717, 1.165) is 12.3 Å². The first-order valence-electron chi connectivity index (χ1n) is 6.97. The molecule has 1 atom stereocenters. The molecular formula is C15H27N. The van der Waals surface area contributed by atoms with E-state index in [4.69, 9.17) is 6.42 Å². The molecule has 0 aliphatic heterocycles. The molecule has 1 aliphatic carbocycles. The van der Waals surface area contributed by atoms with Gasteiger partial charge in [0.2, 0.25) is 0 Å². The van der Waals surface area contributed by atoms with Gasteiger partial charge in [-0.25, -0.2) is 0 Å². The van der Waals surface area contributed by atoms with E-state index in [1.54, 1.807) is 0 Å². The number of hydrogen-bond donors (Lipinski definition) is 1. The lowest BCUT2D eigenvalue weighted by molar-refractivity contribution is 0.348. The Morgan fingerprint density at radius 3 is 2.50 bits per heavy atom. The van der Waals surface area contributed by atoms with Crippen molar-refractivity contribution in [2.24, 2.45) is 5.92 Å². The van der Waals surface area contributed by atoms with Crippen LogP contribution in [0.15, 0.2) is 0 Å². The van der Waals surface area contributed by atoms with Crippen LogP contribution in [0.5, 0.6) is 0 Å². The van der Waals surface area contributed by atoms with Crippen molar-refractivity contribution in [2.45, 2.75) is 70.3 Å². The normalized spacial score (nSPS) is 20.0. The van der Waals surface area contributed by atoms with E-state index in [9.17, 15) is 0 Å². The highest BCUT2D eigenvalue weighted by Gasteiger charge is 2.16. The summed E-state index contributed by atoms with van der Waals surface area (Å²) in [5, 5.41) is 3.46. The molecule has 0 heterocycles. The monoisotopic (exact) mass is 221 g/mol. The van der Waals surface area contributed by atoms with Crippen molar-refractivity contribution in [1.82, 2.24) is 5.32 Å². The smallest absolute Gasteiger partial charge is 0.00866 e. The Morgan fingerprint density at radius 1 is 1.25 bits per heavy atom. The lowest BCUT2D eigenvalue weighted by Gasteiger charge is -2.22. The van der Waals surface area contributed by atoms with E-state index in [-0.39, 0.29) is 0 Å². The average Bonchev–Trinajstić information content (AvgIpc) is 2.56. The van der Waals surface area contributed by atoms with E-state index in [0.29, 0.717) is 6.04 Å². The minimum atomic E-state index is 0.691. The summed E-state index contributed by atoms with van der Waals surface area (Å²) in [5.74, 6) is 3.70. The molecule has 0 radical (unpaired) electrons. The van der Waals surface area contributed by atoms with E-state index < -0.39 is 0 Å². The molecule has 1 nitrogen and oxygen atoms in total. The van der Waals surface area contributed by atoms with Crippen LogP contribution >= 0.6 is 0 Å². The van der Waals surface area contributed by atoms with Gasteiger partial charge >= 0.3 is 0 Å². The van der Waals surface area contributed by atoms with Crippen LogP contribution in [0.2, 0.25) is 0 Å². The maximum absolute atomic E-state index is 5.29. The van der Waals surface area contributed by atoms with Gasteiger partial charge in [0.05, 0.1) is 0 Å². The Bertz CT molecular complexity index is 196. The van der Waals surface area contributed by atoms with Gasteiger partial charge in [0, 0.05) is 12.5 Å². The lowest BCUT2D eigenvalue weighted by Crippen LogP contribution is -2.27. The topological polar surface area (TPSA) is 12.0 Å². The second kappa shape index (κ2) is 8.65. The van der Waals surface area contributed by atoms with Gasteiger partial charge in [0.1, 0.15) is 0 Å². The summed E-state index contributed by atoms with van der Waals surface area (Å²) in [5.41, 5.74) is 0. The van der Waals surface area contributed by atoms with Gasteiger partial charge in [-0.3, -0.25) is 0 Å². The summed E-state index contributed by atoms with van der Waals surface area (Å²) in [6.45, 7) is 0. The molecular weight excluding hydrogens is 194 g/mol. The molecule has 92 valence electrons. The Hall–Kier alpha value is -0.480. The molecule has 0 aromatic carbocycles. The van der Waals surface area contributed by atoms with Crippen LogP contribution in [0.25, 0.3) is 0 Å². The highest BCUT2D eigenvalue weighted by atomic mass is 14.9. The molecule has 1 N–H and O–H groups in total. The third-order valence-corrected chi connectivity index (χ3v) is 3.87. The minimum absolute atomic E-state index is 0.691. The second-order valence-electron chi connectivity index (χ2n) is 5.18. The number of unbranched alkanes of at least 4 members (excludes halogenated alkanes) is 1. The summed E-state index contributed by atoms with van der Waals surface area (Å²) in [6.07, 6.45) is 18.7. The summed E-state index contributed by atoms with van der Waals surface area (Å²) in [4.78, 5) is 0. The van der Waals surface area contributed by atoms with E-state index in [1.165, 1.54) is 57.8 Å². The SMILES string of the molecule is C#CCCCC(CC1CCCCCC1)NC. The molecule has 1 unspecified atom stereocenters. The summed E-state index contributed by atoms with van der Waals surface area (Å²) in [6, 6.07) is 0.691. The minimum Gasteiger partial charge on any atom is -0.317 e. The van der Waals surface area contributed by atoms with Gasteiger partial charge in [-0.1, -0.05) is 38.5 Å². The van der Waals surface area contributed by atoms with Gasteiger partial charge in [-0.05, 0) is 32.2 Å². The average molecular weight is 221 g/mol. The molecule has 1 aliphatic rings. The van der Waals surface area contributed by atoms with Crippen molar-refractivity contribution >= 4 is 0 Å². The number of nitrogens with one attached hydrogen (secondary N) is 1. The third-order valence-electron chi connectivity index (χ3n) is 3.87. The molecule has 16 heavy (non-hydrogen) atoms. The second-order valence-corrected chi connectivity index (χ2v) is 5.18. The molecule has 0 aromatic heterocycles.